The summed E-state index contributed by atoms with van der Waals surface area (Å²) in [4.78, 5) is 0. The zero-order chi connectivity index (χ0) is 10.9. The molecular weight excluding hydrogens is 174 g/mol. The van der Waals surface area contributed by atoms with Crippen LogP contribution in [-0.2, 0) is 5.41 Å². The molecule has 78 valence electrons. The lowest BCUT2D eigenvalue weighted by atomic mass is 9.86. The Balaban J connectivity index is 3.28. The fraction of sp³-hybridized carbons (Fsp3) is 0.500. The zero-order valence-corrected chi connectivity index (χ0v) is 9.64. The third-order valence-corrected chi connectivity index (χ3v) is 2.37. The smallest absolute Gasteiger partial charge is 0.144 e. The molecule has 14 heavy (non-hydrogen) atoms. The summed E-state index contributed by atoms with van der Waals surface area (Å²) >= 11 is 0. The number of rotatable bonds is 1. The SMILES string of the molecule is COc1c(C)cc(C(C)(C)C)cc1N. The predicted octanol–water partition coefficient (Wildman–Crippen LogP) is 2.88. The van der Waals surface area contributed by atoms with Gasteiger partial charge in [-0.25, -0.2) is 0 Å². The second kappa shape index (κ2) is 3.52. The molecule has 0 heterocycles. The summed E-state index contributed by atoms with van der Waals surface area (Å²) in [5, 5.41) is 0. The van der Waals surface area contributed by atoms with Crippen LogP contribution in [0.25, 0.3) is 0 Å². The van der Waals surface area contributed by atoms with E-state index in [4.69, 9.17) is 10.5 Å². The van der Waals surface area contributed by atoms with Crippen molar-refractivity contribution in [2.75, 3.05) is 12.8 Å². The molecule has 2 N–H and O–H groups in total. The van der Waals surface area contributed by atoms with Crippen LogP contribution in [0.4, 0.5) is 5.69 Å². The van der Waals surface area contributed by atoms with E-state index < -0.39 is 0 Å². The highest BCUT2D eigenvalue weighted by Gasteiger charge is 2.16. The minimum Gasteiger partial charge on any atom is -0.494 e. The van der Waals surface area contributed by atoms with E-state index in [2.05, 4.69) is 26.8 Å². The van der Waals surface area contributed by atoms with Crippen LogP contribution in [0.2, 0.25) is 0 Å². The predicted molar refractivity (Wildman–Crippen MR) is 60.8 cm³/mol. The minimum absolute atomic E-state index is 0.130. The van der Waals surface area contributed by atoms with E-state index in [1.807, 2.05) is 13.0 Å². The molecule has 0 aliphatic carbocycles. The van der Waals surface area contributed by atoms with Crippen molar-refractivity contribution >= 4 is 5.69 Å². The van der Waals surface area contributed by atoms with Crippen LogP contribution in [0.5, 0.6) is 5.75 Å². The van der Waals surface area contributed by atoms with Crippen molar-refractivity contribution in [3.05, 3.63) is 23.3 Å². The van der Waals surface area contributed by atoms with Gasteiger partial charge in [-0.3, -0.25) is 0 Å². The number of ether oxygens (including phenoxy) is 1. The quantitative estimate of drug-likeness (QED) is 0.696. The first-order valence-corrected chi connectivity index (χ1v) is 4.81. The van der Waals surface area contributed by atoms with Gasteiger partial charge in [0.15, 0.2) is 0 Å². The average Bonchev–Trinajstić information content (AvgIpc) is 2.01. The molecule has 0 bridgehead atoms. The highest BCUT2D eigenvalue weighted by atomic mass is 16.5. The van der Waals surface area contributed by atoms with Gasteiger partial charge in [0.25, 0.3) is 0 Å². The van der Waals surface area contributed by atoms with Crippen LogP contribution in [0, 0.1) is 6.92 Å². The molecule has 0 amide bonds. The lowest BCUT2D eigenvalue weighted by Crippen LogP contribution is -2.12. The number of aryl methyl sites for hydroxylation is 1. The molecule has 0 fully saturated rings. The van der Waals surface area contributed by atoms with Gasteiger partial charge in [-0.1, -0.05) is 26.8 Å². The van der Waals surface area contributed by atoms with Crippen molar-refractivity contribution in [2.24, 2.45) is 0 Å². The second-order valence-electron chi connectivity index (χ2n) is 4.67. The van der Waals surface area contributed by atoms with Gasteiger partial charge in [-0.05, 0) is 29.5 Å². The molecule has 0 unspecified atom stereocenters. The first-order chi connectivity index (χ1) is 6.36. The summed E-state index contributed by atoms with van der Waals surface area (Å²) in [7, 11) is 1.65. The molecule has 1 rings (SSSR count). The van der Waals surface area contributed by atoms with Crippen molar-refractivity contribution < 1.29 is 4.74 Å². The largest absolute Gasteiger partial charge is 0.494 e. The summed E-state index contributed by atoms with van der Waals surface area (Å²) in [6.45, 7) is 8.54. The van der Waals surface area contributed by atoms with Crippen molar-refractivity contribution in [3.8, 4) is 5.75 Å². The Hall–Kier alpha value is -1.18. The molecule has 0 spiro atoms. The summed E-state index contributed by atoms with van der Waals surface area (Å²) in [6, 6.07) is 4.13. The molecule has 0 aliphatic rings. The Kier molecular flexibility index (Phi) is 2.74. The van der Waals surface area contributed by atoms with E-state index in [1.165, 1.54) is 5.56 Å². The maximum atomic E-state index is 5.90. The molecule has 2 nitrogen and oxygen atoms in total. The first-order valence-electron chi connectivity index (χ1n) is 4.81. The standard InChI is InChI=1S/C12H19NO/c1-8-6-9(12(2,3)4)7-10(13)11(8)14-5/h6-7H,13H2,1-5H3. The fourth-order valence-corrected chi connectivity index (χ4v) is 1.51. The zero-order valence-electron chi connectivity index (χ0n) is 9.64. The van der Waals surface area contributed by atoms with Crippen molar-refractivity contribution in [1.29, 1.82) is 0 Å². The summed E-state index contributed by atoms with van der Waals surface area (Å²) < 4.78 is 5.22. The maximum Gasteiger partial charge on any atom is 0.144 e. The maximum absolute atomic E-state index is 5.90. The van der Waals surface area contributed by atoms with Crippen LogP contribution in [-0.4, -0.2) is 7.11 Å². The van der Waals surface area contributed by atoms with E-state index in [-0.39, 0.29) is 5.41 Å². The minimum atomic E-state index is 0.130. The molecule has 0 aliphatic heterocycles. The topological polar surface area (TPSA) is 35.2 Å². The molecule has 0 atom stereocenters. The molecule has 0 saturated heterocycles. The van der Waals surface area contributed by atoms with Gasteiger partial charge in [0.2, 0.25) is 0 Å². The Bertz CT molecular complexity index is 314. The van der Waals surface area contributed by atoms with Crippen LogP contribution < -0.4 is 10.5 Å². The third-order valence-electron chi connectivity index (χ3n) is 2.37. The van der Waals surface area contributed by atoms with Gasteiger partial charge in [0, 0.05) is 0 Å². The van der Waals surface area contributed by atoms with E-state index in [0.717, 1.165) is 17.0 Å². The molecule has 2 heteroatoms. The van der Waals surface area contributed by atoms with E-state index >= 15 is 0 Å². The Morgan fingerprint density at radius 2 is 1.79 bits per heavy atom. The lowest BCUT2D eigenvalue weighted by molar-refractivity contribution is 0.413. The number of methoxy groups -OCH3 is 1. The highest BCUT2D eigenvalue weighted by Crippen LogP contribution is 2.32. The molecule has 0 radical (unpaired) electrons. The molecule has 1 aromatic rings. The van der Waals surface area contributed by atoms with Crippen LogP contribution in [0.15, 0.2) is 12.1 Å². The van der Waals surface area contributed by atoms with Crippen molar-refractivity contribution in [1.82, 2.24) is 0 Å². The Morgan fingerprint density at radius 3 is 2.14 bits per heavy atom. The molecule has 0 aromatic heterocycles. The number of hydrogen-bond acceptors (Lipinski definition) is 2. The molecule has 1 aromatic carbocycles. The van der Waals surface area contributed by atoms with Crippen LogP contribution in [0.1, 0.15) is 31.9 Å². The third kappa shape index (κ3) is 2.00. The van der Waals surface area contributed by atoms with E-state index in [0.29, 0.717) is 0 Å². The van der Waals surface area contributed by atoms with Crippen molar-refractivity contribution in [2.45, 2.75) is 33.1 Å². The van der Waals surface area contributed by atoms with E-state index in [1.54, 1.807) is 7.11 Å². The number of nitrogens with two attached hydrogens (primary N) is 1. The van der Waals surface area contributed by atoms with E-state index in [9.17, 15) is 0 Å². The van der Waals surface area contributed by atoms with Gasteiger partial charge in [-0.15, -0.1) is 0 Å². The summed E-state index contributed by atoms with van der Waals surface area (Å²) in [6.07, 6.45) is 0. The fourth-order valence-electron chi connectivity index (χ4n) is 1.51. The summed E-state index contributed by atoms with van der Waals surface area (Å²) in [5.41, 5.74) is 9.09. The average molecular weight is 193 g/mol. The van der Waals surface area contributed by atoms with Crippen LogP contribution >= 0.6 is 0 Å². The lowest BCUT2D eigenvalue weighted by Gasteiger charge is -2.21. The normalized spacial score (nSPS) is 11.5. The number of nitrogen functional groups attached to an aromatic ring is 1. The van der Waals surface area contributed by atoms with Gasteiger partial charge in [0.1, 0.15) is 5.75 Å². The van der Waals surface area contributed by atoms with Gasteiger partial charge in [-0.2, -0.15) is 0 Å². The Labute approximate surface area is 86.1 Å². The van der Waals surface area contributed by atoms with Gasteiger partial charge in [0.05, 0.1) is 12.8 Å². The van der Waals surface area contributed by atoms with Gasteiger partial charge < -0.3 is 10.5 Å². The highest BCUT2D eigenvalue weighted by molar-refractivity contribution is 5.59. The number of hydrogen-bond donors (Lipinski definition) is 1. The van der Waals surface area contributed by atoms with Gasteiger partial charge >= 0.3 is 0 Å². The monoisotopic (exact) mass is 193 g/mol. The Morgan fingerprint density at radius 1 is 1.21 bits per heavy atom. The van der Waals surface area contributed by atoms with Crippen molar-refractivity contribution in [3.63, 3.8) is 0 Å². The second-order valence-corrected chi connectivity index (χ2v) is 4.67. The first kappa shape index (κ1) is 10.9. The number of anilines is 1. The molecular formula is C12H19NO. The molecule has 0 saturated carbocycles. The van der Waals surface area contributed by atoms with Crippen LogP contribution in [0.3, 0.4) is 0 Å². The summed E-state index contributed by atoms with van der Waals surface area (Å²) in [5.74, 6) is 0.790. The number of benzene rings is 1.